The fourth-order valence-corrected chi connectivity index (χ4v) is 5.85. The second kappa shape index (κ2) is 6.78. The molecule has 8 heteroatoms. The third-order valence-electron chi connectivity index (χ3n) is 5.04. The zero-order chi connectivity index (χ0) is 19.2. The van der Waals surface area contributed by atoms with Gasteiger partial charge < -0.3 is 9.30 Å². The molecule has 3 aromatic rings. The Morgan fingerprint density at radius 1 is 1.22 bits per heavy atom. The van der Waals surface area contributed by atoms with Gasteiger partial charge in [-0.15, -0.1) is 0 Å². The first-order valence-electron chi connectivity index (χ1n) is 8.68. The first-order valence-corrected chi connectivity index (χ1v) is 11.0. The molecule has 0 radical (unpaired) electrons. The number of rotatable bonds is 4. The average Bonchev–Trinajstić information content (AvgIpc) is 2.95. The van der Waals surface area contributed by atoms with Crippen LogP contribution in [0, 0.1) is 0 Å². The van der Waals surface area contributed by atoms with Crippen LogP contribution in [-0.4, -0.2) is 20.1 Å². The van der Waals surface area contributed by atoms with Crippen molar-refractivity contribution in [1.29, 1.82) is 0 Å². The molecule has 0 saturated heterocycles. The lowest BCUT2D eigenvalue weighted by atomic mass is 9.88. The van der Waals surface area contributed by atoms with Gasteiger partial charge in [-0.05, 0) is 60.7 Å². The Balaban J connectivity index is 1.67. The molecule has 0 unspecified atom stereocenters. The van der Waals surface area contributed by atoms with Crippen molar-refractivity contribution in [2.24, 2.45) is 7.05 Å². The number of fused-ring (bicyclic) bond motifs is 2. The quantitative estimate of drug-likeness (QED) is 0.725. The van der Waals surface area contributed by atoms with Crippen molar-refractivity contribution in [3.8, 4) is 5.75 Å². The number of aromatic nitrogens is 1. The normalized spacial score (nSPS) is 17.0. The number of benzene rings is 2. The fourth-order valence-electron chi connectivity index (χ4n) is 3.58. The summed E-state index contributed by atoms with van der Waals surface area (Å²) in [5.41, 5.74) is 2.85. The minimum absolute atomic E-state index is 0.109. The topological polar surface area (TPSA) is 77.4 Å². The lowest BCUT2D eigenvalue weighted by Gasteiger charge is -2.26. The lowest BCUT2D eigenvalue weighted by Crippen LogP contribution is -2.31. The molecule has 0 amide bonds. The number of hydrogen-bond donors (Lipinski definition) is 1. The zero-order valence-electron chi connectivity index (χ0n) is 15.1. The summed E-state index contributed by atoms with van der Waals surface area (Å²) in [4.78, 5) is 11.9. The van der Waals surface area contributed by atoms with Crippen molar-refractivity contribution < 1.29 is 13.2 Å². The van der Waals surface area contributed by atoms with E-state index in [1.54, 1.807) is 32.4 Å². The Morgan fingerprint density at radius 2 is 2.04 bits per heavy atom. The molecular weight excluding hydrogens is 384 g/mol. The minimum atomic E-state index is -3.70. The molecule has 1 aliphatic rings. The number of nitrogens with zero attached hydrogens (tertiary/aromatic N) is 1. The van der Waals surface area contributed by atoms with Gasteiger partial charge in [0, 0.05) is 13.1 Å². The van der Waals surface area contributed by atoms with Crippen molar-refractivity contribution in [3.05, 3.63) is 57.2 Å². The SMILES string of the molecule is COc1ccc2c(c1)CCC[C@H]2NS(=O)(=O)c1ccc2c(c1)sc(=O)n2C. The summed E-state index contributed by atoms with van der Waals surface area (Å²) >= 11 is 1.05. The van der Waals surface area contributed by atoms with Crippen LogP contribution < -0.4 is 14.3 Å². The van der Waals surface area contributed by atoms with Crippen LogP contribution in [-0.2, 0) is 23.5 Å². The van der Waals surface area contributed by atoms with E-state index in [0.717, 1.165) is 53.0 Å². The molecular formula is C19H20N2O4S2. The number of ether oxygens (including phenoxy) is 1. The second-order valence-corrected chi connectivity index (χ2v) is 9.39. The molecule has 1 aromatic heterocycles. The molecule has 0 aliphatic heterocycles. The number of hydrogen-bond acceptors (Lipinski definition) is 5. The summed E-state index contributed by atoms with van der Waals surface area (Å²) in [5, 5.41) is 0. The maximum Gasteiger partial charge on any atom is 0.307 e. The fraction of sp³-hybridized carbons (Fsp3) is 0.316. The first-order chi connectivity index (χ1) is 12.9. The Bertz CT molecular complexity index is 1180. The summed E-state index contributed by atoms with van der Waals surface area (Å²) in [7, 11) is -0.394. The van der Waals surface area contributed by atoms with Crippen LogP contribution in [0.15, 0.2) is 46.1 Å². The Kier molecular flexibility index (Phi) is 4.57. The highest BCUT2D eigenvalue weighted by Gasteiger charge is 2.26. The van der Waals surface area contributed by atoms with E-state index in [1.807, 2.05) is 18.2 Å². The molecule has 1 N–H and O–H groups in total. The summed E-state index contributed by atoms with van der Waals surface area (Å²) < 4.78 is 36.2. The van der Waals surface area contributed by atoms with Crippen LogP contribution in [0.1, 0.15) is 30.0 Å². The second-order valence-electron chi connectivity index (χ2n) is 6.69. The molecule has 1 heterocycles. The molecule has 4 rings (SSSR count). The Labute approximate surface area is 161 Å². The van der Waals surface area contributed by atoms with Gasteiger partial charge in [0.15, 0.2) is 0 Å². The van der Waals surface area contributed by atoms with E-state index in [4.69, 9.17) is 4.74 Å². The van der Waals surface area contributed by atoms with Gasteiger partial charge in [-0.3, -0.25) is 4.79 Å². The van der Waals surface area contributed by atoms with Crippen molar-refractivity contribution in [2.45, 2.75) is 30.2 Å². The third-order valence-corrected chi connectivity index (χ3v) is 7.50. The molecule has 27 heavy (non-hydrogen) atoms. The standard InChI is InChI=1S/C19H20N2O4S2/c1-21-17-9-7-14(11-18(17)26-19(21)22)27(23,24)20-16-5-3-4-12-10-13(25-2)6-8-15(12)16/h6-11,16,20H,3-5H2,1-2H3/t16-/m1/s1. The van der Waals surface area contributed by atoms with E-state index in [0.29, 0.717) is 4.70 Å². The number of thiazole rings is 1. The highest BCUT2D eigenvalue weighted by atomic mass is 32.2. The average molecular weight is 405 g/mol. The van der Waals surface area contributed by atoms with Gasteiger partial charge in [-0.1, -0.05) is 17.4 Å². The van der Waals surface area contributed by atoms with Gasteiger partial charge in [0.25, 0.3) is 0 Å². The van der Waals surface area contributed by atoms with Crippen molar-refractivity contribution >= 4 is 31.6 Å². The van der Waals surface area contributed by atoms with Crippen LogP contribution in [0.3, 0.4) is 0 Å². The molecule has 0 bridgehead atoms. The van der Waals surface area contributed by atoms with Gasteiger partial charge >= 0.3 is 4.87 Å². The first kappa shape index (κ1) is 18.2. The van der Waals surface area contributed by atoms with E-state index < -0.39 is 10.0 Å². The van der Waals surface area contributed by atoms with Gasteiger partial charge in [0.1, 0.15) is 5.75 Å². The molecule has 0 fully saturated rings. The monoisotopic (exact) mass is 404 g/mol. The predicted octanol–water partition coefficient (Wildman–Crippen LogP) is 2.96. The van der Waals surface area contributed by atoms with Crippen LogP contribution in [0.5, 0.6) is 5.75 Å². The molecule has 0 spiro atoms. The summed E-state index contributed by atoms with van der Waals surface area (Å²) in [6, 6.07) is 10.3. The number of nitrogens with one attached hydrogen (secondary N) is 1. The third kappa shape index (κ3) is 3.28. The van der Waals surface area contributed by atoms with Crippen LogP contribution >= 0.6 is 11.3 Å². The van der Waals surface area contributed by atoms with Crippen LogP contribution in [0.25, 0.3) is 10.2 Å². The predicted molar refractivity (Wildman–Crippen MR) is 106 cm³/mol. The van der Waals surface area contributed by atoms with Gasteiger partial charge in [-0.2, -0.15) is 0 Å². The highest BCUT2D eigenvalue weighted by molar-refractivity contribution is 7.89. The molecule has 2 aromatic carbocycles. The number of aryl methyl sites for hydroxylation is 2. The molecule has 142 valence electrons. The maximum atomic E-state index is 13.0. The van der Waals surface area contributed by atoms with E-state index in [2.05, 4.69) is 4.72 Å². The van der Waals surface area contributed by atoms with Crippen molar-refractivity contribution in [3.63, 3.8) is 0 Å². The largest absolute Gasteiger partial charge is 0.497 e. The molecule has 0 saturated carbocycles. The minimum Gasteiger partial charge on any atom is -0.497 e. The van der Waals surface area contributed by atoms with Gasteiger partial charge in [-0.25, -0.2) is 13.1 Å². The Hall–Kier alpha value is -2.16. The number of sulfonamides is 1. The van der Waals surface area contributed by atoms with Gasteiger partial charge in [0.05, 0.1) is 22.2 Å². The number of methoxy groups -OCH3 is 1. The van der Waals surface area contributed by atoms with E-state index in [9.17, 15) is 13.2 Å². The lowest BCUT2D eigenvalue weighted by molar-refractivity contribution is 0.412. The summed E-state index contributed by atoms with van der Waals surface area (Å²) in [6.07, 6.45) is 2.57. The van der Waals surface area contributed by atoms with Crippen molar-refractivity contribution in [2.75, 3.05) is 7.11 Å². The maximum absolute atomic E-state index is 13.0. The molecule has 1 aliphatic carbocycles. The van der Waals surface area contributed by atoms with Crippen LogP contribution in [0.2, 0.25) is 0 Å². The zero-order valence-corrected chi connectivity index (χ0v) is 16.7. The smallest absolute Gasteiger partial charge is 0.307 e. The van der Waals surface area contributed by atoms with E-state index in [-0.39, 0.29) is 15.8 Å². The van der Waals surface area contributed by atoms with E-state index in [1.165, 1.54) is 4.57 Å². The molecule has 6 nitrogen and oxygen atoms in total. The Morgan fingerprint density at radius 3 is 2.81 bits per heavy atom. The van der Waals surface area contributed by atoms with E-state index >= 15 is 0 Å². The molecule has 1 atom stereocenters. The summed E-state index contributed by atoms with van der Waals surface area (Å²) in [5.74, 6) is 0.779. The van der Waals surface area contributed by atoms with Crippen molar-refractivity contribution in [1.82, 2.24) is 9.29 Å². The highest BCUT2D eigenvalue weighted by Crippen LogP contribution is 2.33. The van der Waals surface area contributed by atoms with Gasteiger partial charge in [0.2, 0.25) is 10.0 Å². The van der Waals surface area contributed by atoms with Crippen LogP contribution in [0.4, 0.5) is 0 Å². The summed E-state index contributed by atoms with van der Waals surface area (Å²) in [6.45, 7) is 0.